The first-order valence-electron chi connectivity index (χ1n) is 16.5. The van der Waals surface area contributed by atoms with Crippen LogP contribution < -0.4 is 20.3 Å². The van der Waals surface area contributed by atoms with Gasteiger partial charge in [0.2, 0.25) is 0 Å². The number of aldehydes is 2. The van der Waals surface area contributed by atoms with E-state index in [1.807, 2.05) is 48.7 Å². The number of carbonyl (C=O) groups is 3. The van der Waals surface area contributed by atoms with Crippen molar-refractivity contribution in [3.8, 4) is 5.75 Å². The first-order chi connectivity index (χ1) is 23.2. The molecule has 3 aromatic carbocycles. The van der Waals surface area contributed by atoms with Crippen molar-refractivity contribution in [2.45, 2.75) is 86.7 Å². The van der Waals surface area contributed by atoms with Gasteiger partial charge in [-0.25, -0.2) is 0 Å². The van der Waals surface area contributed by atoms with E-state index in [0.717, 1.165) is 72.3 Å². The number of likely N-dealkylation sites (N-methyl/N-ethyl adjacent to an activating group) is 1. The second kappa shape index (κ2) is 20.2. The van der Waals surface area contributed by atoms with Gasteiger partial charge in [0, 0.05) is 12.2 Å². The number of unbranched alkanes of at least 4 members (excludes halogenated alkanes) is 2. The number of amides is 1. The molecule has 1 amide bonds. The van der Waals surface area contributed by atoms with Gasteiger partial charge in [-0.15, -0.1) is 16.2 Å². The summed E-state index contributed by atoms with van der Waals surface area (Å²) in [5.41, 5.74) is 2.33. The summed E-state index contributed by atoms with van der Waals surface area (Å²) < 4.78 is 7.53. The van der Waals surface area contributed by atoms with E-state index in [9.17, 15) is 19.6 Å². The summed E-state index contributed by atoms with van der Waals surface area (Å²) in [5, 5.41) is 17.2. The summed E-state index contributed by atoms with van der Waals surface area (Å²) in [6, 6.07) is 22.7. The number of nitrogens with one attached hydrogen (secondary N) is 2. The summed E-state index contributed by atoms with van der Waals surface area (Å²) in [4.78, 5) is 38.2. The number of anilines is 2. The lowest BCUT2D eigenvalue weighted by molar-refractivity contribution is -0.125. The van der Waals surface area contributed by atoms with Gasteiger partial charge >= 0.3 is 0 Å². The molecule has 2 unspecified atom stereocenters. The molecule has 48 heavy (non-hydrogen) atoms. The predicted octanol–water partition coefficient (Wildman–Crippen LogP) is 7.61. The van der Waals surface area contributed by atoms with E-state index in [4.69, 9.17) is 4.74 Å². The lowest BCUT2D eigenvalue weighted by Gasteiger charge is -2.41. The monoisotopic (exact) mass is 694 g/mol. The van der Waals surface area contributed by atoms with Crippen LogP contribution in [0.3, 0.4) is 0 Å². The number of para-hydroxylation sites is 1. The zero-order valence-corrected chi connectivity index (χ0v) is 30.3. The van der Waals surface area contributed by atoms with Gasteiger partial charge in [-0.05, 0) is 74.8 Å². The molecule has 11 heteroatoms. The molecule has 2 atom stereocenters. The zero-order valence-electron chi connectivity index (χ0n) is 28.7. The largest absolute Gasteiger partial charge is 0.483 e. The molecule has 1 heterocycles. The second-order valence-electron chi connectivity index (χ2n) is 11.8. The number of hydrogen-bond acceptors (Lipinski definition) is 10. The van der Waals surface area contributed by atoms with E-state index in [-0.39, 0.29) is 12.6 Å². The second-order valence-corrected chi connectivity index (χ2v) is 13.6. The van der Waals surface area contributed by atoms with Crippen LogP contribution in [-0.2, 0) is 14.4 Å². The predicted molar refractivity (Wildman–Crippen MR) is 196 cm³/mol. The van der Waals surface area contributed by atoms with Crippen molar-refractivity contribution < 1.29 is 24.3 Å². The van der Waals surface area contributed by atoms with Crippen LogP contribution in [0.2, 0.25) is 0 Å². The molecule has 0 saturated heterocycles. The Morgan fingerprint density at radius 2 is 1.65 bits per heavy atom. The van der Waals surface area contributed by atoms with Crippen molar-refractivity contribution in [3.05, 3.63) is 78.4 Å². The van der Waals surface area contributed by atoms with Gasteiger partial charge in [0.1, 0.15) is 24.4 Å². The zero-order chi connectivity index (χ0) is 34.9. The summed E-state index contributed by atoms with van der Waals surface area (Å²) in [7, 11) is 1.75. The van der Waals surface area contributed by atoms with Crippen molar-refractivity contribution in [1.82, 2.24) is 15.1 Å². The number of carbonyl (C=O) groups excluding carboxylic acids is 3. The molecular formula is C37H50N4O5S2. The number of nitrogens with zero attached hydrogens (tertiary/aromatic N) is 2. The Balaban J connectivity index is 0.000000952. The lowest BCUT2D eigenvalue weighted by atomic mass is 9.87. The number of thioether (sulfide) groups is 1. The van der Waals surface area contributed by atoms with E-state index >= 15 is 0 Å². The Morgan fingerprint density at radius 3 is 2.17 bits per heavy atom. The van der Waals surface area contributed by atoms with Gasteiger partial charge < -0.3 is 35.1 Å². The fraction of sp³-hybridized carbons (Fsp3) is 0.432. The minimum Gasteiger partial charge on any atom is -0.483 e. The van der Waals surface area contributed by atoms with E-state index in [1.165, 1.54) is 16.4 Å². The Bertz CT molecular complexity index is 1420. The van der Waals surface area contributed by atoms with Crippen LogP contribution in [0.5, 0.6) is 5.75 Å². The van der Waals surface area contributed by atoms with Crippen LogP contribution in [0.25, 0.3) is 0 Å². The highest BCUT2D eigenvalue weighted by atomic mass is 32.2. The van der Waals surface area contributed by atoms with Crippen molar-refractivity contribution in [2.24, 2.45) is 0 Å². The number of benzene rings is 3. The van der Waals surface area contributed by atoms with Crippen LogP contribution in [0.4, 0.5) is 11.4 Å². The van der Waals surface area contributed by atoms with Crippen molar-refractivity contribution >= 4 is 53.6 Å². The maximum absolute atomic E-state index is 12.8. The molecule has 0 radical (unpaired) electrons. The maximum atomic E-state index is 12.8. The summed E-state index contributed by atoms with van der Waals surface area (Å²) in [6.45, 7) is 6.58. The minimum absolute atomic E-state index is 0.00463. The van der Waals surface area contributed by atoms with Crippen LogP contribution in [0, 0.1) is 0 Å². The molecule has 1 aliphatic heterocycles. The van der Waals surface area contributed by atoms with Crippen molar-refractivity contribution in [1.29, 1.82) is 0 Å². The van der Waals surface area contributed by atoms with Crippen LogP contribution >= 0.6 is 23.7 Å². The standard InChI is InChI=1S/C33H41N3O4S2.C4H9NO/c1-4-6-18-33(19-7-5-2)24-35(26-16-12-9-13-17-26)28-20-31(41-3)29(21-30(28)42-36(33)39)40-23-32(38)34-27(22-37)25-14-10-8-11-15-25;1-4(3-6)5-2/h8-17,20-22,27,39H,4-7,18-19,23-24H2,1-3H3,(H,34,38);3-5H,1-2H3. The van der Waals surface area contributed by atoms with Gasteiger partial charge in [-0.1, -0.05) is 88.1 Å². The summed E-state index contributed by atoms with van der Waals surface area (Å²) >= 11 is 2.87. The normalized spacial score (nSPS) is 15.2. The van der Waals surface area contributed by atoms with Gasteiger partial charge in [0.05, 0.1) is 27.1 Å². The SMILES string of the molecule is CCCCC1(CCCC)CN(c2ccccc2)c2cc(SC)c(OCC(=O)NC(C=O)c3ccccc3)cc2SN1O.CNC(C)C=O. The third-order valence-electron chi connectivity index (χ3n) is 8.27. The lowest BCUT2D eigenvalue weighted by Crippen LogP contribution is -2.50. The first-order valence-corrected chi connectivity index (χ1v) is 18.5. The molecule has 1 aliphatic rings. The summed E-state index contributed by atoms with van der Waals surface area (Å²) in [6.07, 6.45) is 9.46. The highest BCUT2D eigenvalue weighted by Gasteiger charge is 2.42. The average molecular weight is 695 g/mol. The quantitative estimate of drug-likeness (QED) is 0.0788. The molecule has 9 nitrogen and oxygen atoms in total. The molecule has 0 aliphatic carbocycles. The molecule has 0 fully saturated rings. The van der Waals surface area contributed by atoms with Gasteiger partial charge in [-0.3, -0.25) is 4.79 Å². The molecule has 0 aromatic heterocycles. The van der Waals surface area contributed by atoms with E-state index in [0.29, 0.717) is 17.9 Å². The molecule has 4 rings (SSSR count). The third kappa shape index (κ3) is 10.8. The van der Waals surface area contributed by atoms with Gasteiger partial charge in [0.15, 0.2) is 6.61 Å². The Hall–Kier alpha value is -3.35. The minimum atomic E-state index is -0.744. The van der Waals surface area contributed by atoms with Crippen molar-refractivity contribution in [2.75, 3.05) is 31.4 Å². The summed E-state index contributed by atoms with van der Waals surface area (Å²) in [5.74, 6) is 0.167. The van der Waals surface area contributed by atoms with Gasteiger partial charge in [0.25, 0.3) is 5.91 Å². The average Bonchev–Trinajstić information content (AvgIpc) is 3.24. The number of fused-ring (bicyclic) bond motifs is 1. The van der Waals surface area contributed by atoms with E-state index in [2.05, 4.69) is 47.6 Å². The van der Waals surface area contributed by atoms with Crippen molar-refractivity contribution in [3.63, 3.8) is 0 Å². The van der Waals surface area contributed by atoms with E-state index in [1.54, 1.807) is 37.9 Å². The molecule has 0 spiro atoms. The first kappa shape index (κ1) is 39.1. The molecule has 0 saturated carbocycles. The Morgan fingerprint density at radius 1 is 1.02 bits per heavy atom. The smallest absolute Gasteiger partial charge is 0.258 e. The number of ether oxygens (including phenoxy) is 1. The molecular weight excluding hydrogens is 645 g/mol. The molecule has 3 N–H and O–H groups in total. The number of rotatable bonds is 16. The van der Waals surface area contributed by atoms with Crippen LogP contribution in [0.1, 0.15) is 70.9 Å². The van der Waals surface area contributed by atoms with Crippen LogP contribution in [-0.4, -0.2) is 66.2 Å². The molecule has 0 bridgehead atoms. The van der Waals surface area contributed by atoms with Gasteiger partial charge in [-0.2, -0.15) is 0 Å². The third-order valence-corrected chi connectivity index (χ3v) is 10.1. The van der Waals surface area contributed by atoms with E-state index < -0.39 is 17.5 Å². The molecule has 260 valence electrons. The Labute approximate surface area is 294 Å². The van der Waals surface area contributed by atoms with Crippen LogP contribution in [0.15, 0.2) is 82.6 Å². The Kier molecular flexibility index (Phi) is 16.5. The maximum Gasteiger partial charge on any atom is 0.258 e. The number of hydroxylamine groups is 1. The fourth-order valence-electron chi connectivity index (χ4n) is 5.32. The highest BCUT2D eigenvalue weighted by Crippen LogP contribution is 2.49. The highest BCUT2D eigenvalue weighted by molar-refractivity contribution is 7.98. The fourth-order valence-corrected chi connectivity index (χ4v) is 6.92. The number of hydrogen-bond donors (Lipinski definition) is 3. The molecule has 3 aromatic rings. The topological polar surface area (TPSA) is 111 Å².